The summed E-state index contributed by atoms with van der Waals surface area (Å²) in [6.07, 6.45) is 3.09. The molecule has 1 saturated heterocycles. The van der Waals surface area contributed by atoms with Crippen LogP contribution in [0.25, 0.3) is 11.3 Å². The van der Waals surface area contributed by atoms with Crippen molar-refractivity contribution in [2.24, 2.45) is 11.1 Å². The van der Waals surface area contributed by atoms with Crippen LogP contribution in [-0.2, 0) is 9.59 Å². The summed E-state index contributed by atoms with van der Waals surface area (Å²) in [4.78, 5) is 45.3. The molecular weight excluding hydrogens is 366 g/mol. The lowest BCUT2D eigenvalue weighted by atomic mass is 9.94. The first-order valence-corrected chi connectivity index (χ1v) is 9.61. The Morgan fingerprint density at radius 3 is 2.74 bits per heavy atom. The highest BCUT2D eigenvalue weighted by molar-refractivity contribution is 7.14. The maximum absolute atomic E-state index is 12.7. The number of aromatic nitrogens is 2. The molecule has 1 atom stereocenters. The van der Waals surface area contributed by atoms with Gasteiger partial charge in [-0.25, -0.2) is 4.98 Å². The summed E-state index contributed by atoms with van der Waals surface area (Å²) in [5, 5.41) is 5.05. The van der Waals surface area contributed by atoms with Crippen LogP contribution in [0.5, 0.6) is 0 Å². The molecule has 144 valence electrons. The first-order valence-electron chi connectivity index (χ1n) is 8.73. The van der Waals surface area contributed by atoms with Gasteiger partial charge >= 0.3 is 0 Å². The molecule has 2 aromatic rings. The van der Waals surface area contributed by atoms with E-state index >= 15 is 0 Å². The number of aromatic amines is 1. The van der Waals surface area contributed by atoms with E-state index < -0.39 is 17.4 Å². The zero-order chi connectivity index (χ0) is 19.8. The molecule has 2 aromatic heterocycles. The second-order valence-electron chi connectivity index (χ2n) is 7.60. The average molecular weight is 389 g/mol. The standard InChI is InChI=1S/C18H23N5O3S/c1-18(2,3)16(26)23-6-4-5-13(23)15(25)22-17-21-12(9-27-17)10-7-11(14(19)24)20-8-10/h7-9,13,20H,4-6H2,1-3H3,(H2,19,24)(H,21,22,25). The van der Waals surface area contributed by atoms with Gasteiger partial charge in [0.15, 0.2) is 5.13 Å². The van der Waals surface area contributed by atoms with Crippen LogP contribution in [0.1, 0.15) is 44.1 Å². The van der Waals surface area contributed by atoms with Crippen molar-refractivity contribution in [2.75, 3.05) is 11.9 Å². The number of anilines is 1. The van der Waals surface area contributed by atoms with Crippen molar-refractivity contribution in [3.63, 3.8) is 0 Å². The molecule has 3 rings (SSSR count). The van der Waals surface area contributed by atoms with Gasteiger partial charge in [0, 0.05) is 29.1 Å². The fourth-order valence-corrected chi connectivity index (χ4v) is 3.77. The third kappa shape index (κ3) is 4.02. The zero-order valence-corrected chi connectivity index (χ0v) is 16.4. The van der Waals surface area contributed by atoms with Crippen molar-refractivity contribution in [3.05, 3.63) is 23.3 Å². The topological polar surface area (TPSA) is 121 Å². The lowest BCUT2D eigenvalue weighted by molar-refractivity contribution is -0.143. The van der Waals surface area contributed by atoms with Crippen LogP contribution < -0.4 is 11.1 Å². The molecule has 0 spiro atoms. The van der Waals surface area contributed by atoms with E-state index in [2.05, 4.69) is 15.3 Å². The third-order valence-corrected chi connectivity index (χ3v) is 5.19. The molecule has 9 heteroatoms. The maximum Gasteiger partial charge on any atom is 0.265 e. The predicted octanol–water partition coefficient (Wildman–Crippen LogP) is 2.21. The Labute approximate surface area is 161 Å². The van der Waals surface area contributed by atoms with Gasteiger partial charge in [0.2, 0.25) is 11.8 Å². The van der Waals surface area contributed by atoms with Gasteiger partial charge in [-0.15, -0.1) is 11.3 Å². The molecule has 4 N–H and O–H groups in total. The second-order valence-corrected chi connectivity index (χ2v) is 8.46. The first-order chi connectivity index (χ1) is 12.7. The van der Waals surface area contributed by atoms with Crippen LogP contribution in [0, 0.1) is 5.41 Å². The Morgan fingerprint density at radius 2 is 2.11 bits per heavy atom. The van der Waals surface area contributed by atoms with E-state index in [1.54, 1.807) is 22.5 Å². The van der Waals surface area contributed by atoms with Crippen molar-refractivity contribution in [3.8, 4) is 11.3 Å². The molecule has 1 aliphatic rings. The highest BCUT2D eigenvalue weighted by Gasteiger charge is 2.38. The highest BCUT2D eigenvalue weighted by Crippen LogP contribution is 2.28. The summed E-state index contributed by atoms with van der Waals surface area (Å²) < 4.78 is 0. The minimum Gasteiger partial charge on any atom is -0.364 e. The van der Waals surface area contributed by atoms with Gasteiger partial charge in [0.05, 0.1) is 5.69 Å². The van der Waals surface area contributed by atoms with E-state index in [0.29, 0.717) is 35.0 Å². The summed E-state index contributed by atoms with van der Waals surface area (Å²) in [5.41, 5.74) is 6.36. The largest absolute Gasteiger partial charge is 0.364 e. The SMILES string of the molecule is CC(C)(C)C(=O)N1CCCC1C(=O)Nc1nc(-c2c[nH]c(C(N)=O)c2)cs1. The average Bonchev–Trinajstić information content (AvgIpc) is 3.32. The van der Waals surface area contributed by atoms with Crippen LogP contribution in [0.4, 0.5) is 5.13 Å². The van der Waals surface area contributed by atoms with Crippen molar-refractivity contribution in [2.45, 2.75) is 39.7 Å². The number of thiazole rings is 1. The minimum atomic E-state index is -0.546. The summed E-state index contributed by atoms with van der Waals surface area (Å²) in [5.74, 6) is -0.793. The first kappa shape index (κ1) is 19.1. The molecule has 0 bridgehead atoms. The van der Waals surface area contributed by atoms with Crippen LogP contribution in [0.3, 0.4) is 0 Å². The third-order valence-electron chi connectivity index (χ3n) is 4.44. The van der Waals surface area contributed by atoms with E-state index in [9.17, 15) is 14.4 Å². The smallest absolute Gasteiger partial charge is 0.265 e. The van der Waals surface area contributed by atoms with Gasteiger partial charge in [-0.3, -0.25) is 14.4 Å². The van der Waals surface area contributed by atoms with E-state index in [-0.39, 0.29) is 11.8 Å². The van der Waals surface area contributed by atoms with Crippen molar-refractivity contribution in [1.82, 2.24) is 14.9 Å². The molecule has 0 aromatic carbocycles. The zero-order valence-electron chi connectivity index (χ0n) is 15.5. The number of nitrogens with two attached hydrogens (primary N) is 1. The van der Waals surface area contributed by atoms with Crippen molar-refractivity contribution >= 4 is 34.2 Å². The van der Waals surface area contributed by atoms with Crippen LogP contribution in [-0.4, -0.2) is 45.2 Å². The van der Waals surface area contributed by atoms with Crippen molar-refractivity contribution in [1.29, 1.82) is 0 Å². The molecule has 0 saturated carbocycles. The summed E-state index contributed by atoms with van der Waals surface area (Å²) in [6, 6.07) is 1.14. The number of H-pyrrole nitrogens is 1. The van der Waals surface area contributed by atoms with Gasteiger partial charge in [-0.1, -0.05) is 20.8 Å². The van der Waals surface area contributed by atoms with E-state index in [1.807, 2.05) is 20.8 Å². The summed E-state index contributed by atoms with van der Waals surface area (Å²) in [7, 11) is 0. The number of primary amides is 1. The van der Waals surface area contributed by atoms with Gasteiger partial charge in [-0.2, -0.15) is 0 Å². The maximum atomic E-state index is 12.7. The molecule has 27 heavy (non-hydrogen) atoms. The number of rotatable bonds is 4. The lowest BCUT2D eigenvalue weighted by Crippen LogP contribution is -2.47. The number of amides is 3. The number of nitrogens with zero attached hydrogens (tertiary/aromatic N) is 2. The van der Waals surface area contributed by atoms with Crippen LogP contribution in [0.2, 0.25) is 0 Å². The van der Waals surface area contributed by atoms with Gasteiger partial charge in [0.25, 0.3) is 5.91 Å². The Morgan fingerprint density at radius 1 is 1.37 bits per heavy atom. The van der Waals surface area contributed by atoms with Crippen LogP contribution >= 0.6 is 11.3 Å². The van der Waals surface area contributed by atoms with E-state index in [0.717, 1.165) is 6.42 Å². The molecule has 1 unspecified atom stereocenters. The van der Waals surface area contributed by atoms with Crippen molar-refractivity contribution < 1.29 is 14.4 Å². The summed E-state index contributed by atoms with van der Waals surface area (Å²) >= 11 is 1.29. The quantitative estimate of drug-likeness (QED) is 0.742. The molecule has 0 aliphatic carbocycles. The number of carbonyl (C=O) groups excluding carboxylic acids is 3. The van der Waals surface area contributed by atoms with Gasteiger partial charge in [0.1, 0.15) is 11.7 Å². The highest BCUT2D eigenvalue weighted by atomic mass is 32.1. The Bertz CT molecular complexity index is 880. The normalized spacial score (nSPS) is 17.1. The van der Waals surface area contributed by atoms with E-state index in [1.165, 1.54) is 11.3 Å². The molecule has 3 amide bonds. The molecule has 0 radical (unpaired) electrons. The fraction of sp³-hybridized carbons (Fsp3) is 0.444. The minimum absolute atomic E-state index is 0.0220. The van der Waals surface area contributed by atoms with Gasteiger partial charge in [-0.05, 0) is 18.9 Å². The second kappa shape index (κ2) is 7.15. The Kier molecular flexibility index (Phi) is 5.05. The molecular formula is C18H23N5O3S. The monoisotopic (exact) mass is 389 g/mol. The number of hydrogen-bond acceptors (Lipinski definition) is 5. The summed E-state index contributed by atoms with van der Waals surface area (Å²) in [6.45, 7) is 6.16. The number of likely N-dealkylation sites (tertiary alicyclic amines) is 1. The molecule has 1 aliphatic heterocycles. The Balaban J connectivity index is 1.70. The molecule has 8 nitrogen and oxygen atoms in total. The molecule has 1 fully saturated rings. The number of carbonyl (C=O) groups is 3. The van der Waals surface area contributed by atoms with E-state index in [4.69, 9.17) is 5.73 Å². The van der Waals surface area contributed by atoms with Gasteiger partial charge < -0.3 is 20.9 Å². The lowest BCUT2D eigenvalue weighted by Gasteiger charge is -2.30. The fourth-order valence-electron chi connectivity index (χ4n) is 3.05. The number of hydrogen-bond donors (Lipinski definition) is 3. The molecule has 3 heterocycles. The predicted molar refractivity (Wildman–Crippen MR) is 103 cm³/mol. The Hall–Kier alpha value is -2.68. The van der Waals surface area contributed by atoms with Crippen LogP contribution in [0.15, 0.2) is 17.6 Å². The number of nitrogens with one attached hydrogen (secondary N) is 2.